The van der Waals surface area contributed by atoms with Crippen LogP contribution in [0.1, 0.15) is 24.3 Å². The van der Waals surface area contributed by atoms with Crippen LogP contribution in [-0.2, 0) is 4.74 Å². The molecule has 0 spiro atoms. The number of alkyl halides is 1. The molecule has 0 amide bonds. The molecule has 1 aromatic rings. The highest BCUT2D eigenvalue weighted by Crippen LogP contribution is 2.41. The van der Waals surface area contributed by atoms with Gasteiger partial charge in [0.2, 0.25) is 0 Å². The van der Waals surface area contributed by atoms with Gasteiger partial charge in [0.25, 0.3) is 0 Å². The molecule has 0 radical (unpaired) electrons. The molecule has 100 valence electrons. The van der Waals surface area contributed by atoms with Gasteiger partial charge in [-0.2, -0.15) is 0 Å². The van der Waals surface area contributed by atoms with Gasteiger partial charge < -0.3 is 14.2 Å². The van der Waals surface area contributed by atoms with E-state index in [-0.39, 0.29) is 5.38 Å². The number of rotatable bonds is 4. The summed E-state index contributed by atoms with van der Waals surface area (Å²) >= 11 is 6.56. The van der Waals surface area contributed by atoms with Crippen molar-refractivity contribution in [2.45, 2.75) is 24.8 Å². The Morgan fingerprint density at radius 2 is 2.11 bits per heavy atom. The Labute approximate surface area is 113 Å². The minimum atomic E-state index is -0.0872. The maximum Gasteiger partial charge on any atom is 0.127 e. The Morgan fingerprint density at radius 3 is 2.67 bits per heavy atom. The zero-order chi connectivity index (χ0) is 13.1. The molecule has 4 heteroatoms. The molecule has 2 rings (SSSR count). The minimum absolute atomic E-state index is 0.0872. The summed E-state index contributed by atoms with van der Waals surface area (Å²) in [5.41, 5.74) is 1.00. The molecule has 1 aromatic carbocycles. The van der Waals surface area contributed by atoms with Gasteiger partial charge in [-0.3, -0.25) is 0 Å². The van der Waals surface area contributed by atoms with Gasteiger partial charge in [0, 0.05) is 17.5 Å². The van der Waals surface area contributed by atoms with Gasteiger partial charge in [0.1, 0.15) is 11.5 Å². The average Bonchev–Trinajstić information content (AvgIpc) is 2.83. The largest absolute Gasteiger partial charge is 0.497 e. The molecule has 0 aliphatic carbocycles. The molecule has 18 heavy (non-hydrogen) atoms. The summed E-state index contributed by atoms with van der Waals surface area (Å²) in [7, 11) is 3.29. The lowest BCUT2D eigenvalue weighted by atomic mass is 9.95. The smallest absolute Gasteiger partial charge is 0.127 e. The quantitative estimate of drug-likeness (QED) is 0.785. The maximum absolute atomic E-state index is 6.56. The Bertz CT molecular complexity index is 408. The molecule has 3 unspecified atom stereocenters. The molecule has 1 aliphatic rings. The van der Waals surface area contributed by atoms with Crippen molar-refractivity contribution >= 4 is 11.6 Å². The minimum Gasteiger partial charge on any atom is -0.497 e. The third kappa shape index (κ3) is 2.73. The van der Waals surface area contributed by atoms with E-state index in [1.54, 1.807) is 14.2 Å². The van der Waals surface area contributed by atoms with Crippen molar-refractivity contribution in [3.63, 3.8) is 0 Å². The van der Waals surface area contributed by atoms with E-state index in [1.807, 2.05) is 18.2 Å². The summed E-state index contributed by atoms with van der Waals surface area (Å²) in [6, 6.07) is 5.74. The molecule has 3 atom stereocenters. The van der Waals surface area contributed by atoms with Crippen LogP contribution in [0, 0.1) is 5.92 Å². The molecule has 1 heterocycles. The van der Waals surface area contributed by atoms with Gasteiger partial charge in [-0.1, -0.05) is 6.07 Å². The van der Waals surface area contributed by atoms with Crippen LogP contribution in [0.15, 0.2) is 18.2 Å². The molecule has 3 nitrogen and oxygen atoms in total. The summed E-state index contributed by atoms with van der Waals surface area (Å²) in [5, 5.41) is -0.0872. The molecular weight excluding hydrogens is 252 g/mol. The van der Waals surface area contributed by atoms with Crippen LogP contribution < -0.4 is 9.47 Å². The highest BCUT2D eigenvalue weighted by molar-refractivity contribution is 6.21. The van der Waals surface area contributed by atoms with Crippen molar-refractivity contribution in [3.8, 4) is 11.5 Å². The molecular formula is C14H19ClO3. The van der Waals surface area contributed by atoms with Gasteiger partial charge in [-0.05, 0) is 19.4 Å². The predicted octanol–water partition coefficient (Wildman–Crippen LogP) is 3.41. The number of hydrogen-bond acceptors (Lipinski definition) is 3. The highest BCUT2D eigenvalue weighted by Gasteiger charge is 2.31. The zero-order valence-corrected chi connectivity index (χ0v) is 11.7. The first-order valence-corrected chi connectivity index (χ1v) is 6.57. The second kappa shape index (κ2) is 5.81. The van der Waals surface area contributed by atoms with E-state index in [2.05, 4.69) is 6.92 Å². The van der Waals surface area contributed by atoms with Crippen LogP contribution in [0.3, 0.4) is 0 Å². The third-order valence-electron chi connectivity index (χ3n) is 3.38. The van der Waals surface area contributed by atoms with E-state index < -0.39 is 0 Å². The fourth-order valence-electron chi connectivity index (χ4n) is 2.35. The monoisotopic (exact) mass is 270 g/mol. The Morgan fingerprint density at radius 1 is 1.33 bits per heavy atom. The van der Waals surface area contributed by atoms with Crippen molar-refractivity contribution in [2.75, 3.05) is 20.8 Å². The number of ether oxygens (including phenoxy) is 3. The zero-order valence-electron chi connectivity index (χ0n) is 11.0. The van der Waals surface area contributed by atoms with E-state index in [0.717, 1.165) is 23.5 Å². The first kappa shape index (κ1) is 13.5. The number of benzene rings is 1. The van der Waals surface area contributed by atoms with Crippen molar-refractivity contribution in [2.24, 2.45) is 5.92 Å². The Hall–Kier alpha value is -0.930. The van der Waals surface area contributed by atoms with E-state index in [9.17, 15) is 0 Å². The molecule has 1 fully saturated rings. The average molecular weight is 271 g/mol. The second-order valence-corrected chi connectivity index (χ2v) is 5.12. The van der Waals surface area contributed by atoms with Crippen LogP contribution in [0.5, 0.6) is 11.5 Å². The van der Waals surface area contributed by atoms with E-state index in [4.69, 9.17) is 25.8 Å². The summed E-state index contributed by atoms with van der Waals surface area (Å²) in [5.74, 6) is 1.88. The summed E-state index contributed by atoms with van der Waals surface area (Å²) in [6.45, 7) is 2.79. The lowest BCUT2D eigenvalue weighted by molar-refractivity contribution is 0.119. The number of hydrogen-bond donors (Lipinski definition) is 0. The Balaban J connectivity index is 2.21. The Kier molecular flexibility index (Phi) is 4.36. The summed E-state index contributed by atoms with van der Waals surface area (Å²) in [6.07, 6.45) is 1.28. The maximum atomic E-state index is 6.56. The van der Waals surface area contributed by atoms with Crippen LogP contribution >= 0.6 is 11.6 Å². The van der Waals surface area contributed by atoms with Crippen molar-refractivity contribution in [3.05, 3.63) is 23.8 Å². The molecule has 1 aliphatic heterocycles. The van der Waals surface area contributed by atoms with Gasteiger partial charge in [0.15, 0.2) is 0 Å². The van der Waals surface area contributed by atoms with Crippen LogP contribution in [0.2, 0.25) is 0 Å². The standard InChI is InChI=1S/C14H19ClO3/c1-9-6-10(8-18-9)14(15)12-5-4-11(16-2)7-13(12)17-3/h4-5,7,9-10,14H,6,8H2,1-3H3. The fraction of sp³-hybridized carbons (Fsp3) is 0.571. The van der Waals surface area contributed by atoms with E-state index in [1.165, 1.54) is 0 Å². The second-order valence-electron chi connectivity index (χ2n) is 4.65. The predicted molar refractivity (Wildman–Crippen MR) is 71.7 cm³/mol. The normalized spacial score (nSPS) is 24.9. The number of halogens is 1. The van der Waals surface area contributed by atoms with Gasteiger partial charge >= 0.3 is 0 Å². The van der Waals surface area contributed by atoms with E-state index >= 15 is 0 Å². The van der Waals surface area contributed by atoms with Crippen molar-refractivity contribution in [1.82, 2.24) is 0 Å². The van der Waals surface area contributed by atoms with Crippen LogP contribution in [-0.4, -0.2) is 26.9 Å². The van der Waals surface area contributed by atoms with Gasteiger partial charge in [-0.15, -0.1) is 11.6 Å². The van der Waals surface area contributed by atoms with Gasteiger partial charge in [0.05, 0.1) is 32.3 Å². The van der Waals surface area contributed by atoms with Crippen LogP contribution in [0.4, 0.5) is 0 Å². The van der Waals surface area contributed by atoms with Crippen molar-refractivity contribution in [1.29, 1.82) is 0 Å². The van der Waals surface area contributed by atoms with Crippen LogP contribution in [0.25, 0.3) is 0 Å². The lowest BCUT2D eigenvalue weighted by Crippen LogP contribution is -2.09. The van der Waals surface area contributed by atoms with Crippen molar-refractivity contribution < 1.29 is 14.2 Å². The lowest BCUT2D eigenvalue weighted by Gasteiger charge is -2.19. The fourth-order valence-corrected chi connectivity index (χ4v) is 2.71. The topological polar surface area (TPSA) is 27.7 Å². The third-order valence-corrected chi connectivity index (χ3v) is 3.97. The van der Waals surface area contributed by atoms with Gasteiger partial charge in [-0.25, -0.2) is 0 Å². The SMILES string of the molecule is COc1ccc(C(Cl)C2COC(C)C2)c(OC)c1. The summed E-state index contributed by atoms with van der Waals surface area (Å²) in [4.78, 5) is 0. The highest BCUT2D eigenvalue weighted by atomic mass is 35.5. The first-order chi connectivity index (χ1) is 8.65. The first-order valence-electron chi connectivity index (χ1n) is 6.13. The molecule has 0 aromatic heterocycles. The molecule has 0 N–H and O–H groups in total. The molecule has 0 saturated carbocycles. The van der Waals surface area contributed by atoms with E-state index in [0.29, 0.717) is 18.6 Å². The summed E-state index contributed by atoms with van der Waals surface area (Å²) < 4.78 is 16.2. The molecule has 1 saturated heterocycles. The molecule has 0 bridgehead atoms. The number of methoxy groups -OCH3 is 2.